The number of allylic oxidation sites excluding steroid dienone is 1. The third kappa shape index (κ3) is 5.18. The Balaban J connectivity index is 4.16. The van der Waals surface area contributed by atoms with E-state index in [1.165, 1.54) is 6.08 Å². The molecule has 0 aromatic heterocycles. The summed E-state index contributed by atoms with van der Waals surface area (Å²) in [6.07, 6.45) is 7.21. The van der Waals surface area contributed by atoms with E-state index in [1.54, 1.807) is 7.11 Å². The van der Waals surface area contributed by atoms with Gasteiger partial charge in [0.1, 0.15) is 6.29 Å². The lowest BCUT2D eigenvalue weighted by Crippen LogP contribution is -2.28. The fraction of sp³-hybridized carbons (Fsp3) is 0.750. The molecule has 2 unspecified atom stereocenters. The summed E-state index contributed by atoms with van der Waals surface area (Å²) in [5, 5.41) is 0. The monoisotopic (exact) mass is 198 g/mol. The molecule has 0 N–H and O–H groups in total. The summed E-state index contributed by atoms with van der Waals surface area (Å²) in [6, 6.07) is 0. The van der Waals surface area contributed by atoms with Gasteiger partial charge in [0.15, 0.2) is 0 Å². The largest absolute Gasteiger partial charge is 0.378 e. The molecule has 0 rings (SSSR count). The van der Waals surface area contributed by atoms with E-state index in [2.05, 4.69) is 20.8 Å². The second-order valence-electron chi connectivity index (χ2n) is 4.14. The Labute approximate surface area is 87.3 Å². The molecule has 0 saturated heterocycles. The number of carbonyl (C=O) groups excluding carboxylic acids is 1. The maximum absolute atomic E-state index is 10.1. The van der Waals surface area contributed by atoms with Crippen LogP contribution >= 0.6 is 0 Å². The minimum atomic E-state index is -0.130. The highest BCUT2D eigenvalue weighted by Gasteiger charge is 2.23. The lowest BCUT2D eigenvalue weighted by Gasteiger charge is -2.29. The fourth-order valence-electron chi connectivity index (χ4n) is 1.50. The van der Waals surface area contributed by atoms with Gasteiger partial charge in [-0.2, -0.15) is 0 Å². The zero-order valence-electron chi connectivity index (χ0n) is 9.75. The van der Waals surface area contributed by atoms with Crippen molar-refractivity contribution in [1.82, 2.24) is 0 Å². The van der Waals surface area contributed by atoms with Crippen LogP contribution in [-0.4, -0.2) is 19.0 Å². The Morgan fingerprint density at radius 1 is 1.50 bits per heavy atom. The zero-order valence-corrected chi connectivity index (χ0v) is 9.75. The van der Waals surface area contributed by atoms with Gasteiger partial charge in [-0.05, 0) is 31.8 Å². The topological polar surface area (TPSA) is 26.3 Å². The van der Waals surface area contributed by atoms with E-state index >= 15 is 0 Å². The Morgan fingerprint density at radius 2 is 2.14 bits per heavy atom. The molecule has 0 saturated carbocycles. The number of hydrogen-bond acceptors (Lipinski definition) is 2. The second kappa shape index (κ2) is 6.77. The average molecular weight is 198 g/mol. The fourth-order valence-corrected chi connectivity index (χ4v) is 1.50. The maximum Gasteiger partial charge on any atom is 0.142 e. The number of methoxy groups -OCH3 is 1. The van der Waals surface area contributed by atoms with Gasteiger partial charge in [0.05, 0.1) is 5.60 Å². The molecular formula is C12H22O2. The van der Waals surface area contributed by atoms with Crippen molar-refractivity contribution in [3.05, 3.63) is 12.2 Å². The van der Waals surface area contributed by atoms with Crippen LogP contribution in [0.4, 0.5) is 0 Å². The molecule has 82 valence electrons. The Kier molecular flexibility index (Phi) is 6.46. The first-order chi connectivity index (χ1) is 6.58. The number of rotatable bonds is 7. The highest BCUT2D eigenvalue weighted by atomic mass is 16.5. The van der Waals surface area contributed by atoms with Crippen molar-refractivity contribution in [3.63, 3.8) is 0 Å². The smallest absolute Gasteiger partial charge is 0.142 e. The van der Waals surface area contributed by atoms with Crippen molar-refractivity contribution in [1.29, 1.82) is 0 Å². The molecule has 0 amide bonds. The first-order valence-electron chi connectivity index (χ1n) is 5.23. The van der Waals surface area contributed by atoms with Crippen molar-refractivity contribution >= 4 is 6.29 Å². The van der Waals surface area contributed by atoms with Crippen LogP contribution in [0.25, 0.3) is 0 Å². The molecule has 2 atom stereocenters. The summed E-state index contributed by atoms with van der Waals surface area (Å²) >= 11 is 0. The summed E-state index contributed by atoms with van der Waals surface area (Å²) in [4.78, 5) is 10.1. The molecule has 0 aliphatic carbocycles. The highest BCUT2D eigenvalue weighted by molar-refractivity contribution is 5.64. The first-order valence-corrected chi connectivity index (χ1v) is 5.23. The molecule has 0 radical (unpaired) electrons. The molecule has 0 bridgehead atoms. The van der Waals surface area contributed by atoms with Crippen LogP contribution in [0.1, 0.15) is 40.0 Å². The SMILES string of the molecule is CCC(C)CC(C)(C/C=C/C=O)OC. The van der Waals surface area contributed by atoms with E-state index in [-0.39, 0.29) is 5.60 Å². The van der Waals surface area contributed by atoms with Crippen molar-refractivity contribution in [2.24, 2.45) is 5.92 Å². The molecule has 0 aliphatic rings. The lowest BCUT2D eigenvalue weighted by molar-refractivity contribution is -0.104. The standard InChI is InChI=1S/C12H22O2/c1-5-11(2)10-12(3,14-4)8-6-7-9-13/h6-7,9,11H,5,8,10H2,1-4H3/b7-6+. The summed E-state index contributed by atoms with van der Waals surface area (Å²) in [5.41, 5.74) is -0.130. The van der Waals surface area contributed by atoms with E-state index in [4.69, 9.17) is 4.74 Å². The molecule has 0 fully saturated rings. The van der Waals surface area contributed by atoms with Crippen molar-refractivity contribution in [3.8, 4) is 0 Å². The third-order valence-electron chi connectivity index (χ3n) is 2.73. The summed E-state index contributed by atoms with van der Waals surface area (Å²) in [7, 11) is 1.73. The Bertz CT molecular complexity index is 187. The van der Waals surface area contributed by atoms with Gasteiger partial charge in [0.2, 0.25) is 0 Å². The van der Waals surface area contributed by atoms with Crippen LogP contribution in [-0.2, 0) is 9.53 Å². The quantitative estimate of drug-likeness (QED) is 0.464. The van der Waals surface area contributed by atoms with Crippen LogP contribution in [0.5, 0.6) is 0 Å². The van der Waals surface area contributed by atoms with Crippen LogP contribution in [0.2, 0.25) is 0 Å². The van der Waals surface area contributed by atoms with Crippen molar-refractivity contribution in [2.45, 2.75) is 45.6 Å². The molecule has 0 aromatic carbocycles. The van der Waals surface area contributed by atoms with Gasteiger partial charge in [-0.3, -0.25) is 4.79 Å². The van der Waals surface area contributed by atoms with Gasteiger partial charge >= 0.3 is 0 Å². The van der Waals surface area contributed by atoms with Gasteiger partial charge in [0, 0.05) is 7.11 Å². The number of hydrogen-bond donors (Lipinski definition) is 0. The Hall–Kier alpha value is -0.630. The van der Waals surface area contributed by atoms with E-state index in [0.29, 0.717) is 5.92 Å². The second-order valence-corrected chi connectivity index (χ2v) is 4.14. The third-order valence-corrected chi connectivity index (χ3v) is 2.73. The molecule has 0 aliphatic heterocycles. The predicted molar refractivity (Wildman–Crippen MR) is 59.3 cm³/mol. The molecule has 2 heteroatoms. The Morgan fingerprint density at radius 3 is 2.57 bits per heavy atom. The molecule has 0 heterocycles. The summed E-state index contributed by atoms with van der Waals surface area (Å²) in [5.74, 6) is 0.657. The summed E-state index contributed by atoms with van der Waals surface area (Å²) < 4.78 is 5.49. The molecule has 14 heavy (non-hydrogen) atoms. The zero-order chi connectivity index (χ0) is 11.0. The van der Waals surface area contributed by atoms with E-state index in [0.717, 1.165) is 25.5 Å². The predicted octanol–water partition coefficient (Wildman–Crippen LogP) is 2.97. The molecule has 0 spiro atoms. The van der Waals surface area contributed by atoms with Gasteiger partial charge in [-0.15, -0.1) is 0 Å². The van der Waals surface area contributed by atoms with Crippen molar-refractivity contribution in [2.75, 3.05) is 7.11 Å². The van der Waals surface area contributed by atoms with Crippen LogP contribution < -0.4 is 0 Å². The molecular weight excluding hydrogens is 176 g/mol. The van der Waals surface area contributed by atoms with E-state index in [9.17, 15) is 4.79 Å². The lowest BCUT2D eigenvalue weighted by atomic mass is 9.88. The van der Waals surface area contributed by atoms with Crippen LogP contribution in [0.15, 0.2) is 12.2 Å². The minimum absolute atomic E-state index is 0.130. The minimum Gasteiger partial charge on any atom is -0.378 e. The molecule has 0 aromatic rings. The van der Waals surface area contributed by atoms with Gasteiger partial charge in [0.25, 0.3) is 0 Å². The van der Waals surface area contributed by atoms with Gasteiger partial charge < -0.3 is 4.74 Å². The number of aldehydes is 1. The number of carbonyl (C=O) groups is 1. The average Bonchev–Trinajstić information content (AvgIpc) is 2.18. The number of ether oxygens (including phenoxy) is 1. The van der Waals surface area contributed by atoms with E-state index in [1.807, 2.05) is 6.08 Å². The van der Waals surface area contributed by atoms with Crippen LogP contribution in [0.3, 0.4) is 0 Å². The van der Waals surface area contributed by atoms with Crippen molar-refractivity contribution < 1.29 is 9.53 Å². The van der Waals surface area contributed by atoms with Gasteiger partial charge in [-0.25, -0.2) is 0 Å². The van der Waals surface area contributed by atoms with Gasteiger partial charge in [-0.1, -0.05) is 26.3 Å². The highest BCUT2D eigenvalue weighted by Crippen LogP contribution is 2.25. The maximum atomic E-state index is 10.1. The molecule has 2 nitrogen and oxygen atoms in total. The first kappa shape index (κ1) is 13.4. The van der Waals surface area contributed by atoms with Crippen LogP contribution in [0, 0.1) is 5.92 Å². The normalized spacial score (nSPS) is 18.0. The summed E-state index contributed by atoms with van der Waals surface area (Å²) in [6.45, 7) is 6.50. The van der Waals surface area contributed by atoms with E-state index < -0.39 is 0 Å².